The van der Waals surface area contributed by atoms with Crippen LogP contribution in [-0.4, -0.2) is 55.8 Å². The first-order chi connectivity index (χ1) is 9.33. The molecule has 3 heterocycles. The van der Waals surface area contributed by atoms with Crippen LogP contribution in [0.4, 0.5) is 11.4 Å². The average Bonchev–Trinajstić information content (AvgIpc) is 2.93. The molecule has 2 saturated heterocycles. The van der Waals surface area contributed by atoms with E-state index in [1.807, 2.05) is 12.3 Å². The summed E-state index contributed by atoms with van der Waals surface area (Å²) in [5.41, 5.74) is 7.89. The quantitative estimate of drug-likeness (QED) is 0.874. The van der Waals surface area contributed by atoms with Gasteiger partial charge in [-0.2, -0.15) is 0 Å². The van der Waals surface area contributed by atoms with E-state index in [0.29, 0.717) is 0 Å². The minimum absolute atomic E-state index is 0.734. The van der Waals surface area contributed by atoms with Gasteiger partial charge >= 0.3 is 0 Å². The van der Waals surface area contributed by atoms with Crippen molar-refractivity contribution in [1.29, 1.82) is 0 Å². The van der Waals surface area contributed by atoms with Crippen molar-refractivity contribution in [2.75, 3.05) is 56.6 Å². The fraction of sp³-hybridized carbons (Fsp3) is 0.643. The smallest absolute Gasteiger partial charge is 0.0738 e. The number of nitrogens with two attached hydrogens (primary N) is 1. The molecule has 2 aliphatic heterocycles. The van der Waals surface area contributed by atoms with Gasteiger partial charge in [0, 0.05) is 45.5 Å². The van der Waals surface area contributed by atoms with E-state index in [0.717, 1.165) is 56.7 Å². The zero-order chi connectivity index (χ0) is 13.1. The lowest BCUT2D eigenvalue weighted by Gasteiger charge is -2.37. The maximum atomic E-state index is 5.98. The van der Waals surface area contributed by atoms with Crippen molar-refractivity contribution >= 4 is 11.4 Å². The number of hydrogen-bond donors (Lipinski definition) is 1. The second kappa shape index (κ2) is 5.75. The zero-order valence-corrected chi connectivity index (χ0v) is 11.3. The summed E-state index contributed by atoms with van der Waals surface area (Å²) in [7, 11) is 0. The summed E-state index contributed by atoms with van der Waals surface area (Å²) >= 11 is 0. The van der Waals surface area contributed by atoms with Gasteiger partial charge in [0.2, 0.25) is 0 Å². The van der Waals surface area contributed by atoms with Crippen molar-refractivity contribution < 1.29 is 4.74 Å². The third-order valence-corrected chi connectivity index (χ3v) is 4.08. The predicted molar refractivity (Wildman–Crippen MR) is 76.2 cm³/mol. The van der Waals surface area contributed by atoms with Crippen LogP contribution in [0, 0.1) is 5.92 Å². The van der Waals surface area contributed by atoms with E-state index in [-0.39, 0.29) is 0 Å². The van der Waals surface area contributed by atoms with Gasteiger partial charge in [-0.05, 0) is 18.4 Å². The van der Waals surface area contributed by atoms with Crippen molar-refractivity contribution in [3.63, 3.8) is 0 Å². The van der Waals surface area contributed by atoms with Gasteiger partial charge in [0.25, 0.3) is 0 Å². The van der Waals surface area contributed by atoms with Gasteiger partial charge < -0.3 is 15.4 Å². The number of pyridine rings is 1. The molecule has 3 rings (SSSR count). The molecule has 0 aromatic carbocycles. The van der Waals surface area contributed by atoms with Crippen LogP contribution in [0.2, 0.25) is 0 Å². The number of hydrogen-bond acceptors (Lipinski definition) is 5. The maximum absolute atomic E-state index is 5.98. The molecule has 5 heteroatoms. The molecule has 1 aromatic rings. The summed E-state index contributed by atoms with van der Waals surface area (Å²) in [5, 5.41) is 0. The van der Waals surface area contributed by atoms with Crippen LogP contribution in [0.25, 0.3) is 0 Å². The Morgan fingerprint density at radius 1 is 1.32 bits per heavy atom. The van der Waals surface area contributed by atoms with E-state index >= 15 is 0 Å². The third kappa shape index (κ3) is 2.98. The van der Waals surface area contributed by atoms with E-state index in [1.54, 1.807) is 6.20 Å². The summed E-state index contributed by atoms with van der Waals surface area (Å²) < 4.78 is 5.44. The van der Waals surface area contributed by atoms with E-state index in [2.05, 4.69) is 14.8 Å². The number of piperazine rings is 1. The van der Waals surface area contributed by atoms with Crippen LogP contribution in [0.1, 0.15) is 6.42 Å². The Kier molecular flexibility index (Phi) is 3.84. The first-order valence-corrected chi connectivity index (χ1v) is 7.07. The van der Waals surface area contributed by atoms with E-state index in [1.165, 1.54) is 13.0 Å². The Labute approximate surface area is 114 Å². The molecule has 5 nitrogen and oxygen atoms in total. The standard InChI is InChI=1S/C14H22N4O/c15-13-9-16-3-1-14(13)18-6-4-17(5-7-18)10-12-2-8-19-11-12/h1,3,9,12H,2,4-8,10-11,15H2. The highest BCUT2D eigenvalue weighted by Gasteiger charge is 2.23. The van der Waals surface area contributed by atoms with Gasteiger partial charge in [0.1, 0.15) is 0 Å². The molecule has 0 aliphatic carbocycles. The highest BCUT2D eigenvalue weighted by molar-refractivity contribution is 5.66. The lowest BCUT2D eigenvalue weighted by molar-refractivity contribution is 0.164. The lowest BCUT2D eigenvalue weighted by Crippen LogP contribution is -2.48. The first kappa shape index (κ1) is 12.7. The van der Waals surface area contributed by atoms with Crippen molar-refractivity contribution in [3.05, 3.63) is 18.5 Å². The minimum atomic E-state index is 0.734. The monoisotopic (exact) mass is 262 g/mol. The second-order valence-electron chi connectivity index (χ2n) is 5.45. The zero-order valence-electron chi connectivity index (χ0n) is 11.3. The second-order valence-corrected chi connectivity index (χ2v) is 5.45. The van der Waals surface area contributed by atoms with E-state index in [4.69, 9.17) is 10.5 Å². The van der Waals surface area contributed by atoms with Crippen molar-refractivity contribution in [2.45, 2.75) is 6.42 Å². The summed E-state index contributed by atoms with van der Waals surface area (Å²) in [4.78, 5) is 8.96. The van der Waals surface area contributed by atoms with Gasteiger partial charge in [0.05, 0.1) is 24.2 Å². The van der Waals surface area contributed by atoms with Crippen LogP contribution < -0.4 is 10.6 Å². The third-order valence-electron chi connectivity index (χ3n) is 4.08. The van der Waals surface area contributed by atoms with Crippen molar-refractivity contribution in [1.82, 2.24) is 9.88 Å². The highest BCUT2D eigenvalue weighted by atomic mass is 16.5. The summed E-state index contributed by atoms with van der Waals surface area (Å²) in [6.45, 7) is 7.37. The van der Waals surface area contributed by atoms with Crippen molar-refractivity contribution in [3.8, 4) is 0 Å². The molecule has 0 saturated carbocycles. The Bertz CT molecular complexity index is 412. The molecule has 0 radical (unpaired) electrons. The number of ether oxygens (including phenoxy) is 1. The molecule has 1 unspecified atom stereocenters. The molecule has 19 heavy (non-hydrogen) atoms. The number of aromatic nitrogens is 1. The number of nitrogen functional groups attached to an aromatic ring is 1. The van der Waals surface area contributed by atoms with Gasteiger partial charge in [-0.25, -0.2) is 0 Å². The van der Waals surface area contributed by atoms with Gasteiger partial charge in [0.15, 0.2) is 0 Å². The van der Waals surface area contributed by atoms with E-state index < -0.39 is 0 Å². The minimum Gasteiger partial charge on any atom is -0.396 e. The fourth-order valence-corrected chi connectivity index (χ4v) is 2.95. The average molecular weight is 262 g/mol. The molecule has 0 spiro atoms. The summed E-state index contributed by atoms with van der Waals surface area (Å²) in [6.07, 6.45) is 4.77. The lowest BCUT2D eigenvalue weighted by atomic mass is 10.1. The molecule has 1 aromatic heterocycles. The molecule has 104 valence electrons. The summed E-state index contributed by atoms with van der Waals surface area (Å²) in [6, 6.07) is 2.01. The Morgan fingerprint density at radius 3 is 2.84 bits per heavy atom. The molecule has 2 aliphatic rings. The Balaban J connectivity index is 1.53. The number of rotatable bonds is 3. The Hall–Kier alpha value is -1.33. The SMILES string of the molecule is Nc1cnccc1N1CCN(CC2CCOC2)CC1. The summed E-state index contributed by atoms with van der Waals surface area (Å²) in [5.74, 6) is 0.734. The van der Waals surface area contributed by atoms with Crippen LogP contribution in [0.15, 0.2) is 18.5 Å². The maximum Gasteiger partial charge on any atom is 0.0738 e. The van der Waals surface area contributed by atoms with Crippen LogP contribution in [0.5, 0.6) is 0 Å². The molecule has 0 amide bonds. The fourth-order valence-electron chi connectivity index (χ4n) is 2.95. The highest BCUT2D eigenvalue weighted by Crippen LogP contribution is 2.23. The van der Waals surface area contributed by atoms with Gasteiger partial charge in [-0.15, -0.1) is 0 Å². The molecule has 2 fully saturated rings. The van der Waals surface area contributed by atoms with Crippen molar-refractivity contribution in [2.24, 2.45) is 5.92 Å². The number of anilines is 2. The van der Waals surface area contributed by atoms with E-state index in [9.17, 15) is 0 Å². The van der Waals surface area contributed by atoms with Crippen LogP contribution >= 0.6 is 0 Å². The molecule has 1 atom stereocenters. The molecular formula is C14H22N4O. The molecule has 0 bridgehead atoms. The van der Waals surface area contributed by atoms with Crippen LogP contribution in [0.3, 0.4) is 0 Å². The largest absolute Gasteiger partial charge is 0.396 e. The predicted octanol–water partition coefficient (Wildman–Crippen LogP) is 0.822. The Morgan fingerprint density at radius 2 is 2.16 bits per heavy atom. The molecular weight excluding hydrogens is 240 g/mol. The van der Waals surface area contributed by atoms with Gasteiger partial charge in [-0.1, -0.05) is 0 Å². The van der Waals surface area contributed by atoms with Gasteiger partial charge in [-0.3, -0.25) is 9.88 Å². The normalized spacial score (nSPS) is 24.8. The number of nitrogens with zero attached hydrogens (tertiary/aromatic N) is 3. The first-order valence-electron chi connectivity index (χ1n) is 7.07. The topological polar surface area (TPSA) is 54.6 Å². The van der Waals surface area contributed by atoms with Crippen LogP contribution in [-0.2, 0) is 4.74 Å². The molecule has 2 N–H and O–H groups in total.